The van der Waals surface area contributed by atoms with Gasteiger partial charge in [0.25, 0.3) is 0 Å². The van der Waals surface area contributed by atoms with Crippen LogP contribution in [0.1, 0.15) is 40.0 Å². The Morgan fingerprint density at radius 1 is 0.465 bits per heavy atom. The van der Waals surface area contributed by atoms with Gasteiger partial charge in [-0.05, 0) is 92.1 Å². The normalized spacial score (nSPS) is 19.5. The second-order valence-corrected chi connectivity index (χ2v) is 14.7. The summed E-state index contributed by atoms with van der Waals surface area (Å²) in [7, 11) is -0.305. The third-order valence-electron chi connectivity index (χ3n) is 9.51. The van der Waals surface area contributed by atoms with Crippen LogP contribution < -0.4 is 14.2 Å². The van der Waals surface area contributed by atoms with E-state index in [9.17, 15) is 0 Å². The fraction of sp³-hybridized carbons (Fsp3) is 0.500. The van der Waals surface area contributed by atoms with E-state index in [1.54, 1.807) is 0 Å². The lowest BCUT2D eigenvalue weighted by atomic mass is 9.84. The molecule has 43 heavy (non-hydrogen) atoms. The predicted molar refractivity (Wildman–Crippen MR) is 169 cm³/mol. The lowest BCUT2D eigenvalue weighted by Crippen LogP contribution is -2.46. The smallest absolute Gasteiger partial charge is 0.166 e. The van der Waals surface area contributed by atoms with Gasteiger partial charge in [-0.1, -0.05) is 20.8 Å². The van der Waals surface area contributed by atoms with Gasteiger partial charge in [0.15, 0.2) is 14.7 Å². The second kappa shape index (κ2) is 13.1. The standard InChI is InChI=1S/C36H45O6S/c1-4-34(19-37-20-34)25-40-28-7-13-31(14-8-28)43(32-15-9-29(10-16-32)41-26-35(5-2)21-38-22-35)33-17-11-30(12-18-33)42-27-36(6-3)23-39-24-36/h7-18H,4-6,19-27H2,1-3H3/q+1. The molecule has 3 aliphatic rings. The number of benzene rings is 3. The van der Waals surface area contributed by atoms with Crippen molar-refractivity contribution in [1.82, 2.24) is 0 Å². The van der Waals surface area contributed by atoms with Crippen LogP contribution in [0.15, 0.2) is 87.5 Å². The van der Waals surface area contributed by atoms with E-state index < -0.39 is 0 Å². The number of hydrogen-bond donors (Lipinski definition) is 0. The van der Waals surface area contributed by atoms with Gasteiger partial charge >= 0.3 is 0 Å². The van der Waals surface area contributed by atoms with Crippen molar-refractivity contribution >= 4 is 10.9 Å². The van der Waals surface area contributed by atoms with Gasteiger partial charge in [-0.2, -0.15) is 0 Å². The van der Waals surface area contributed by atoms with Crippen LogP contribution in [0.5, 0.6) is 17.2 Å². The van der Waals surface area contributed by atoms with Gasteiger partial charge in [0.05, 0.1) is 86.6 Å². The first kappa shape index (κ1) is 30.3. The molecule has 3 heterocycles. The number of rotatable bonds is 15. The van der Waals surface area contributed by atoms with Crippen molar-refractivity contribution in [3.8, 4) is 17.2 Å². The minimum absolute atomic E-state index is 0.154. The molecule has 0 bridgehead atoms. The van der Waals surface area contributed by atoms with Gasteiger partial charge in [0.1, 0.15) is 17.2 Å². The first-order chi connectivity index (χ1) is 21.0. The Kier molecular flexibility index (Phi) is 9.24. The van der Waals surface area contributed by atoms with E-state index in [2.05, 4.69) is 93.6 Å². The summed E-state index contributed by atoms with van der Waals surface area (Å²) in [6, 6.07) is 25.8. The summed E-state index contributed by atoms with van der Waals surface area (Å²) in [6.45, 7) is 13.4. The Hall–Kier alpha value is -2.71. The Morgan fingerprint density at radius 2 is 0.721 bits per heavy atom. The van der Waals surface area contributed by atoms with Crippen LogP contribution in [0.2, 0.25) is 0 Å². The third kappa shape index (κ3) is 6.70. The molecule has 0 aromatic heterocycles. The molecule has 3 aromatic rings. The molecular weight excluding hydrogens is 560 g/mol. The van der Waals surface area contributed by atoms with Crippen LogP contribution in [-0.2, 0) is 25.1 Å². The molecule has 6 nitrogen and oxygen atoms in total. The predicted octanol–water partition coefficient (Wildman–Crippen LogP) is 7.20. The molecule has 0 radical (unpaired) electrons. The van der Waals surface area contributed by atoms with Crippen LogP contribution in [0.4, 0.5) is 0 Å². The highest BCUT2D eigenvalue weighted by molar-refractivity contribution is 7.97. The molecule has 3 aromatic carbocycles. The summed E-state index contributed by atoms with van der Waals surface area (Å²) in [5.74, 6) is 2.69. The first-order valence-electron chi connectivity index (χ1n) is 15.7. The summed E-state index contributed by atoms with van der Waals surface area (Å²) < 4.78 is 35.0. The third-order valence-corrected chi connectivity index (χ3v) is 11.7. The molecule has 6 rings (SSSR count). The van der Waals surface area contributed by atoms with E-state index in [0.29, 0.717) is 19.8 Å². The molecule has 0 amide bonds. The lowest BCUT2D eigenvalue weighted by molar-refractivity contribution is -0.133. The van der Waals surface area contributed by atoms with Gasteiger partial charge in [-0.15, -0.1) is 0 Å². The average molecular weight is 606 g/mol. The van der Waals surface area contributed by atoms with Gasteiger partial charge < -0.3 is 28.4 Å². The van der Waals surface area contributed by atoms with E-state index in [1.807, 2.05) is 0 Å². The van der Waals surface area contributed by atoms with Crippen LogP contribution >= 0.6 is 0 Å². The molecule has 3 aliphatic heterocycles. The zero-order valence-corrected chi connectivity index (χ0v) is 26.6. The number of hydrogen-bond acceptors (Lipinski definition) is 6. The Morgan fingerprint density at radius 3 is 0.907 bits per heavy atom. The maximum Gasteiger partial charge on any atom is 0.166 e. The Balaban J connectivity index is 1.19. The topological polar surface area (TPSA) is 55.4 Å². The molecule has 3 saturated heterocycles. The largest absolute Gasteiger partial charge is 0.493 e. The highest BCUT2D eigenvalue weighted by Gasteiger charge is 2.39. The second-order valence-electron chi connectivity index (χ2n) is 12.6. The fourth-order valence-electron chi connectivity index (χ4n) is 5.47. The minimum atomic E-state index is -0.305. The molecular formula is C36H45O6S+. The monoisotopic (exact) mass is 605 g/mol. The van der Waals surface area contributed by atoms with E-state index in [4.69, 9.17) is 28.4 Å². The van der Waals surface area contributed by atoms with E-state index >= 15 is 0 Å². The van der Waals surface area contributed by atoms with Crippen LogP contribution in [0, 0.1) is 16.2 Å². The van der Waals surface area contributed by atoms with Crippen molar-refractivity contribution in [2.75, 3.05) is 59.5 Å². The van der Waals surface area contributed by atoms with Crippen molar-refractivity contribution in [2.45, 2.75) is 54.7 Å². The maximum absolute atomic E-state index is 6.21. The molecule has 7 heteroatoms. The molecule has 0 aliphatic carbocycles. The molecule has 3 fully saturated rings. The van der Waals surface area contributed by atoms with Crippen LogP contribution in [0.25, 0.3) is 0 Å². The van der Waals surface area contributed by atoms with Crippen LogP contribution in [0.3, 0.4) is 0 Å². The highest BCUT2D eigenvalue weighted by atomic mass is 32.2. The minimum Gasteiger partial charge on any atom is -0.493 e. The number of ether oxygens (including phenoxy) is 6. The van der Waals surface area contributed by atoms with Crippen molar-refractivity contribution in [3.63, 3.8) is 0 Å². The zero-order valence-electron chi connectivity index (χ0n) is 25.8. The molecule has 0 saturated carbocycles. The molecule has 0 N–H and O–H groups in total. The first-order valence-corrected chi connectivity index (χ1v) is 16.9. The summed E-state index contributed by atoms with van der Waals surface area (Å²) >= 11 is 0. The Labute approximate surface area is 259 Å². The summed E-state index contributed by atoms with van der Waals surface area (Å²) in [4.78, 5) is 3.71. The zero-order chi connectivity index (χ0) is 29.8. The summed E-state index contributed by atoms with van der Waals surface area (Å²) in [5.41, 5.74) is 0.463. The lowest BCUT2D eigenvalue weighted by Gasteiger charge is -2.40. The molecule has 0 atom stereocenters. The van der Waals surface area contributed by atoms with E-state index in [0.717, 1.165) is 76.2 Å². The fourth-order valence-corrected chi connectivity index (χ4v) is 7.52. The summed E-state index contributed by atoms with van der Waals surface area (Å²) in [6.07, 6.45) is 3.19. The molecule has 0 spiro atoms. The van der Waals surface area contributed by atoms with Crippen molar-refractivity contribution in [1.29, 1.82) is 0 Å². The average Bonchev–Trinajstić information content (AvgIpc) is 2.98. The van der Waals surface area contributed by atoms with Crippen molar-refractivity contribution < 1.29 is 28.4 Å². The van der Waals surface area contributed by atoms with Crippen LogP contribution in [-0.4, -0.2) is 59.5 Å². The van der Waals surface area contributed by atoms with E-state index in [-0.39, 0.29) is 27.1 Å². The highest BCUT2D eigenvalue weighted by Crippen LogP contribution is 2.37. The van der Waals surface area contributed by atoms with Gasteiger partial charge in [0.2, 0.25) is 0 Å². The van der Waals surface area contributed by atoms with Crippen molar-refractivity contribution in [2.24, 2.45) is 16.2 Å². The molecule has 0 unspecified atom stereocenters. The summed E-state index contributed by atoms with van der Waals surface area (Å²) in [5, 5.41) is 0. The van der Waals surface area contributed by atoms with Crippen molar-refractivity contribution in [3.05, 3.63) is 72.8 Å². The maximum atomic E-state index is 6.21. The SMILES string of the molecule is CCC1(COc2ccc([S+](c3ccc(OCC4(CC)COC4)cc3)c3ccc(OCC4(CC)COC4)cc3)cc2)COC1. The Bertz CT molecular complexity index is 1130. The van der Waals surface area contributed by atoms with Gasteiger partial charge in [-0.3, -0.25) is 0 Å². The quantitative estimate of drug-likeness (QED) is 0.171. The van der Waals surface area contributed by atoms with Gasteiger partial charge in [0, 0.05) is 0 Å². The van der Waals surface area contributed by atoms with E-state index in [1.165, 1.54) is 14.7 Å². The molecule has 230 valence electrons. The van der Waals surface area contributed by atoms with Gasteiger partial charge in [-0.25, -0.2) is 0 Å².